The fourth-order valence-electron chi connectivity index (χ4n) is 3.98. The molecular weight excluding hydrogens is 362 g/mol. The van der Waals surface area contributed by atoms with Crippen LogP contribution >= 0.6 is 11.8 Å². The van der Waals surface area contributed by atoms with Gasteiger partial charge >= 0.3 is 0 Å². The van der Waals surface area contributed by atoms with Gasteiger partial charge in [0.1, 0.15) is 0 Å². The van der Waals surface area contributed by atoms with E-state index < -0.39 is 0 Å². The van der Waals surface area contributed by atoms with Crippen molar-refractivity contribution in [3.05, 3.63) is 12.4 Å². The van der Waals surface area contributed by atoms with E-state index in [1.807, 2.05) is 17.8 Å². The van der Waals surface area contributed by atoms with Crippen molar-refractivity contribution in [1.82, 2.24) is 25.1 Å². The lowest BCUT2D eigenvalue weighted by molar-refractivity contribution is -0.134. The molecule has 2 amide bonds. The van der Waals surface area contributed by atoms with Crippen LogP contribution in [0.3, 0.4) is 0 Å². The molecule has 2 aliphatic rings. The van der Waals surface area contributed by atoms with Crippen molar-refractivity contribution in [1.29, 1.82) is 0 Å². The first-order valence-electron chi connectivity index (χ1n) is 10.0. The van der Waals surface area contributed by atoms with Crippen LogP contribution in [0.5, 0.6) is 0 Å². The molecule has 1 atom stereocenters. The van der Waals surface area contributed by atoms with Gasteiger partial charge in [-0.05, 0) is 18.8 Å². The molecule has 0 aromatic carbocycles. The molecule has 1 aromatic heterocycles. The number of imidazole rings is 1. The third kappa shape index (κ3) is 5.97. The van der Waals surface area contributed by atoms with Crippen LogP contribution in [0.4, 0.5) is 0 Å². The van der Waals surface area contributed by atoms with Gasteiger partial charge in [0.15, 0.2) is 5.16 Å². The summed E-state index contributed by atoms with van der Waals surface area (Å²) in [5.41, 5.74) is 0. The Hall–Kier alpha value is -1.54. The normalized spacial score (nSPS) is 21.8. The SMILES string of the molecule is Cn1ccnc1SCCNC(=O)CC1C(=O)NCCN1CC1CCCCC1. The molecule has 8 heteroatoms. The van der Waals surface area contributed by atoms with Crippen LogP contribution in [0.1, 0.15) is 38.5 Å². The maximum Gasteiger partial charge on any atom is 0.237 e. The van der Waals surface area contributed by atoms with Crippen molar-refractivity contribution < 1.29 is 9.59 Å². The number of rotatable bonds is 8. The number of piperazine rings is 1. The molecule has 0 radical (unpaired) electrons. The Kier molecular flexibility index (Phi) is 7.58. The van der Waals surface area contributed by atoms with Crippen LogP contribution in [0.2, 0.25) is 0 Å². The topological polar surface area (TPSA) is 79.3 Å². The van der Waals surface area contributed by atoms with E-state index in [9.17, 15) is 9.59 Å². The predicted octanol–water partition coefficient (Wildman–Crippen LogP) is 1.40. The van der Waals surface area contributed by atoms with Crippen molar-refractivity contribution in [2.75, 3.05) is 31.9 Å². The molecule has 150 valence electrons. The van der Waals surface area contributed by atoms with Crippen LogP contribution in [0, 0.1) is 5.92 Å². The molecular formula is C19H31N5O2S. The Labute approximate surface area is 165 Å². The first-order valence-corrected chi connectivity index (χ1v) is 11.0. The van der Waals surface area contributed by atoms with Gasteiger partial charge in [0.25, 0.3) is 0 Å². The first-order chi connectivity index (χ1) is 13.1. The average Bonchev–Trinajstić information content (AvgIpc) is 3.07. The van der Waals surface area contributed by atoms with Crippen molar-refractivity contribution in [2.45, 2.75) is 49.7 Å². The third-order valence-electron chi connectivity index (χ3n) is 5.47. The molecule has 1 aliphatic carbocycles. The summed E-state index contributed by atoms with van der Waals surface area (Å²) in [6.45, 7) is 3.05. The van der Waals surface area contributed by atoms with E-state index in [4.69, 9.17) is 0 Å². The zero-order valence-corrected chi connectivity index (χ0v) is 17.0. The number of hydrogen-bond donors (Lipinski definition) is 2. The molecule has 1 saturated heterocycles. The molecule has 1 saturated carbocycles. The average molecular weight is 394 g/mol. The number of aryl methyl sites for hydroxylation is 1. The van der Waals surface area contributed by atoms with Crippen molar-refractivity contribution in [3.8, 4) is 0 Å². The maximum absolute atomic E-state index is 12.4. The summed E-state index contributed by atoms with van der Waals surface area (Å²) in [5, 5.41) is 6.81. The lowest BCUT2D eigenvalue weighted by Crippen LogP contribution is -2.57. The standard InChI is InChI=1S/C19H31N5O2S/c1-23-10-7-22-19(23)27-12-9-20-17(25)13-16-18(26)21-8-11-24(16)14-15-5-3-2-4-6-15/h7,10,15-16H,2-6,8-9,11-14H2,1H3,(H,20,25)(H,21,26). The molecule has 3 rings (SSSR count). The summed E-state index contributed by atoms with van der Waals surface area (Å²) in [6.07, 6.45) is 10.3. The highest BCUT2D eigenvalue weighted by Crippen LogP contribution is 2.25. The molecule has 7 nitrogen and oxygen atoms in total. The number of nitrogens with one attached hydrogen (secondary N) is 2. The van der Waals surface area contributed by atoms with E-state index in [0.29, 0.717) is 19.0 Å². The monoisotopic (exact) mass is 393 g/mol. The van der Waals surface area contributed by atoms with Crippen molar-refractivity contribution >= 4 is 23.6 Å². The second-order valence-corrected chi connectivity index (χ2v) is 8.59. The number of nitrogens with zero attached hydrogens (tertiary/aromatic N) is 3. The first kappa shape index (κ1) is 20.2. The Bertz CT molecular complexity index is 629. The van der Waals surface area contributed by atoms with Gasteiger partial charge in [0, 0.05) is 51.4 Å². The molecule has 1 unspecified atom stereocenters. The van der Waals surface area contributed by atoms with E-state index in [1.165, 1.54) is 32.1 Å². The van der Waals surface area contributed by atoms with E-state index in [2.05, 4.69) is 20.5 Å². The van der Waals surface area contributed by atoms with Gasteiger partial charge in [-0.25, -0.2) is 4.98 Å². The Morgan fingerprint density at radius 3 is 2.93 bits per heavy atom. The lowest BCUT2D eigenvalue weighted by Gasteiger charge is -2.37. The summed E-state index contributed by atoms with van der Waals surface area (Å²) in [5.74, 6) is 1.38. The smallest absolute Gasteiger partial charge is 0.237 e. The zero-order valence-electron chi connectivity index (χ0n) is 16.2. The number of carbonyl (C=O) groups excluding carboxylic acids is 2. The Morgan fingerprint density at radius 2 is 2.19 bits per heavy atom. The summed E-state index contributed by atoms with van der Waals surface area (Å²) < 4.78 is 1.96. The van der Waals surface area contributed by atoms with Gasteiger partial charge in [-0.2, -0.15) is 0 Å². The van der Waals surface area contributed by atoms with Crippen LogP contribution in [0.25, 0.3) is 0 Å². The molecule has 2 heterocycles. The number of aromatic nitrogens is 2. The van der Waals surface area contributed by atoms with Crippen LogP contribution in [0.15, 0.2) is 17.6 Å². The maximum atomic E-state index is 12.4. The van der Waals surface area contributed by atoms with E-state index in [1.54, 1.807) is 18.0 Å². The van der Waals surface area contributed by atoms with Gasteiger partial charge in [-0.3, -0.25) is 14.5 Å². The highest BCUT2D eigenvalue weighted by molar-refractivity contribution is 7.99. The number of thioether (sulfide) groups is 1. The third-order valence-corrected chi connectivity index (χ3v) is 6.53. The Morgan fingerprint density at radius 1 is 1.37 bits per heavy atom. The molecule has 1 aromatic rings. The number of carbonyl (C=O) groups is 2. The van der Waals surface area contributed by atoms with Gasteiger partial charge in [-0.15, -0.1) is 0 Å². The minimum absolute atomic E-state index is 0.00500. The van der Waals surface area contributed by atoms with Gasteiger partial charge in [0.05, 0.1) is 12.5 Å². The fraction of sp³-hybridized carbons (Fsp3) is 0.737. The predicted molar refractivity (Wildman–Crippen MR) is 107 cm³/mol. The minimum Gasteiger partial charge on any atom is -0.355 e. The van der Waals surface area contributed by atoms with Crippen LogP contribution in [-0.4, -0.2) is 64.2 Å². The molecule has 1 aliphatic heterocycles. The molecule has 27 heavy (non-hydrogen) atoms. The molecule has 0 bridgehead atoms. The molecule has 0 spiro atoms. The fourth-order valence-corrected chi connectivity index (χ4v) is 4.76. The minimum atomic E-state index is -0.331. The van der Waals surface area contributed by atoms with Crippen LogP contribution in [-0.2, 0) is 16.6 Å². The summed E-state index contributed by atoms with van der Waals surface area (Å²) in [6, 6.07) is -0.331. The lowest BCUT2D eigenvalue weighted by atomic mass is 9.88. The van der Waals surface area contributed by atoms with Gasteiger partial charge < -0.3 is 15.2 Å². The number of hydrogen-bond acceptors (Lipinski definition) is 5. The summed E-state index contributed by atoms with van der Waals surface area (Å²) in [7, 11) is 1.95. The second kappa shape index (κ2) is 10.1. The van der Waals surface area contributed by atoms with Gasteiger partial charge in [-0.1, -0.05) is 31.0 Å². The van der Waals surface area contributed by atoms with E-state index >= 15 is 0 Å². The quantitative estimate of drug-likeness (QED) is 0.516. The zero-order chi connectivity index (χ0) is 19.1. The summed E-state index contributed by atoms with van der Waals surface area (Å²) >= 11 is 1.61. The van der Waals surface area contributed by atoms with Crippen molar-refractivity contribution in [2.24, 2.45) is 13.0 Å². The molecule has 2 fully saturated rings. The van der Waals surface area contributed by atoms with E-state index in [0.717, 1.165) is 24.0 Å². The Balaban J connectivity index is 1.43. The van der Waals surface area contributed by atoms with E-state index in [-0.39, 0.29) is 24.3 Å². The van der Waals surface area contributed by atoms with Gasteiger partial charge in [0.2, 0.25) is 11.8 Å². The summed E-state index contributed by atoms with van der Waals surface area (Å²) in [4.78, 5) is 31.2. The van der Waals surface area contributed by atoms with Crippen molar-refractivity contribution in [3.63, 3.8) is 0 Å². The highest BCUT2D eigenvalue weighted by atomic mass is 32.2. The largest absolute Gasteiger partial charge is 0.355 e. The number of amides is 2. The highest BCUT2D eigenvalue weighted by Gasteiger charge is 2.33. The molecule has 2 N–H and O–H groups in total. The van der Waals surface area contributed by atoms with Crippen LogP contribution < -0.4 is 10.6 Å². The second-order valence-electron chi connectivity index (χ2n) is 7.53.